The Morgan fingerprint density at radius 1 is 1.14 bits per heavy atom. The number of anilines is 1. The zero-order valence-electron chi connectivity index (χ0n) is 15.5. The van der Waals surface area contributed by atoms with Crippen LogP contribution in [0.4, 0.5) is 5.69 Å². The first-order valence-corrected chi connectivity index (χ1v) is 9.54. The lowest BCUT2D eigenvalue weighted by atomic mass is 10.1. The summed E-state index contributed by atoms with van der Waals surface area (Å²) < 4.78 is 5.15. The van der Waals surface area contributed by atoms with Crippen LogP contribution in [0.3, 0.4) is 0 Å². The molecule has 0 N–H and O–H groups in total. The predicted octanol–water partition coefficient (Wildman–Crippen LogP) is 4.39. The van der Waals surface area contributed by atoms with Gasteiger partial charge in [0.15, 0.2) is 6.61 Å². The molecule has 2 aromatic carbocycles. The lowest BCUT2D eigenvalue weighted by molar-refractivity contribution is -0.147. The summed E-state index contributed by atoms with van der Waals surface area (Å²) in [7, 11) is 0. The maximum absolute atomic E-state index is 12.4. The van der Waals surface area contributed by atoms with E-state index in [1.807, 2.05) is 32.0 Å². The molecule has 28 heavy (non-hydrogen) atoms. The molecular formula is C21H19Cl2NO4. The van der Waals surface area contributed by atoms with Gasteiger partial charge in [-0.05, 0) is 43.7 Å². The minimum absolute atomic E-state index is 0.0576. The highest BCUT2D eigenvalue weighted by molar-refractivity contribution is 6.36. The van der Waals surface area contributed by atoms with E-state index in [2.05, 4.69) is 0 Å². The summed E-state index contributed by atoms with van der Waals surface area (Å²) in [5, 5.41) is 0.611. The monoisotopic (exact) mass is 419 g/mol. The molecule has 0 saturated carbocycles. The minimum Gasteiger partial charge on any atom is -0.457 e. The van der Waals surface area contributed by atoms with Gasteiger partial charge in [0.1, 0.15) is 0 Å². The van der Waals surface area contributed by atoms with Crippen LogP contribution in [0.2, 0.25) is 10.0 Å². The van der Waals surface area contributed by atoms with Crippen molar-refractivity contribution < 1.29 is 19.1 Å². The Morgan fingerprint density at radius 3 is 2.57 bits per heavy atom. The third-order valence-electron chi connectivity index (χ3n) is 4.68. The highest BCUT2D eigenvalue weighted by Gasteiger charge is 2.37. The van der Waals surface area contributed by atoms with Gasteiger partial charge in [-0.15, -0.1) is 0 Å². The molecule has 5 nitrogen and oxygen atoms in total. The number of benzene rings is 2. The number of hydrogen-bond acceptors (Lipinski definition) is 4. The van der Waals surface area contributed by atoms with Gasteiger partial charge in [-0.3, -0.25) is 14.4 Å². The zero-order chi connectivity index (χ0) is 20.4. The van der Waals surface area contributed by atoms with Gasteiger partial charge in [0.2, 0.25) is 11.7 Å². The maximum Gasteiger partial charge on any atom is 0.311 e. The Morgan fingerprint density at radius 2 is 1.89 bits per heavy atom. The number of ketones is 1. The number of rotatable bonds is 5. The first kappa shape index (κ1) is 20.4. The molecule has 1 aliphatic rings. The molecule has 3 rings (SSSR count). The largest absolute Gasteiger partial charge is 0.457 e. The van der Waals surface area contributed by atoms with Crippen molar-refractivity contribution in [2.45, 2.75) is 20.3 Å². The molecule has 0 unspecified atom stereocenters. The van der Waals surface area contributed by atoms with E-state index in [-0.39, 0.29) is 29.5 Å². The van der Waals surface area contributed by atoms with Crippen LogP contribution in [0.25, 0.3) is 0 Å². The summed E-state index contributed by atoms with van der Waals surface area (Å²) in [6, 6.07) is 10.3. The van der Waals surface area contributed by atoms with Crippen LogP contribution in [0.5, 0.6) is 0 Å². The van der Waals surface area contributed by atoms with Crippen LogP contribution >= 0.6 is 23.2 Å². The Hall–Kier alpha value is -2.37. The summed E-state index contributed by atoms with van der Waals surface area (Å²) >= 11 is 11.8. The molecule has 0 spiro atoms. The second-order valence-corrected chi connectivity index (χ2v) is 7.69. The van der Waals surface area contributed by atoms with E-state index in [4.69, 9.17) is 27.9 Å². The third kappa shape index (κ3) is 4.37. The first-order chi connectivity index (χ1) is 13.3. The highest BCUT2D eigenvalue weighted by Crippen LogP contribution is 2.29. The summed E-state index contributed by atoms with van der Waals surface area (Å²) in [6.07, 6.45) is 0.0576. The Labute approximate surface area is 173 Å². The second-order valence-electron chi connectivity index (χ2n) is 6.85. The second kappa shape index (κ2) is 8.33. The molecule has 7 heteroatoms. The fourth-order valence-corrected chi connectivity index (χ4v) is 3.77. The summed E-state index contributed by atoms with van der Waals surface area (Å²) in [5.41, 5.74) is 3.09. The smallest absolute Gasteiger partial charge is 0.311 e. The molecule has 1 heterocycles. The lowest BCUT2D eigenvalue weighted by Gasteiger charge is -2.19. The molecule has 146 valence electrons. The molecule has 0 bridgehead atoms. The van der Waals surface area contributed by atoms with E-state index in [1.54, 1.807) is 11.0 Å². The van der Waals surface area contributed by atoms with Crippen LogP contribution in [0, 0.1) is 19.8 Å². The van der Waals surface area contributed by atoms with Gasteiger partial charge in [-0.2, -0.15) is 0 Å². The first-order valence-electron chi connectivity index (χ1n) is 8.78. The standard InChI is InChI=1S/C21H19Cl2NO4/c1-12-3-6-18(13(2)7-12)24-10-14(8-20(24)26)21(27)28-11-19(25)16-5-4-15(22)9-17(16)23/h3-7,9,14H,8,10-11H2,1-2H3/t14-/m0/s1. The number of halogens is 2. The molecule has 1 atom stereocenters. The third-order valence-corrected chi connectivity index (χ3v) is 5.23. The van der Waals surface area contributed by atoms with Gasteiger partial charge in [0, 0.05) is 29.2 Å². The van der Waals surface area contributed by atoms with Gasteiger partial charge in [-0.25, -0.2) is 0 Å². The number of nitrogens with zero attached hydrogens (tertiary/aromatic N) is 1. The highest BCUT2D eigenvalue weighted by atomic mass is 35.5. The van der Waals surface area contributed by atoms with Crippen LogP contribution < -0.4 is 4.90 Å². The quantitative estimate of drug-likeness (QED) is 0.532. The molecule has 0 aliphatic carbocycles. The van der Waals surface area contributed by atoms with Crippen molar-refractivity contribution in [2.24, 2.45) is 5.92 Å². The van der Waals surface area contributed by atoms with Gasteiger partial charge in [-0.1, -0.05) is 40.9 Å². The van der Waals surface area contributed by atoms with Crippen LogP contribution in [0.1, 0.15) is 27.9 Å². The maximum atomic E-state index is 12.4. The fourth-order valence-electron chi connectivity index (χ4n) is 3.25. The Kier molecular flexibility index (Phi) is 6.06. The number of ether oxygens (including phenoxy) is 1. The van der Waals surface area contributed by atoms with Crippen molar-refractivity contribution >= 4 is 46.5 Å². The molecule has 0 radical (unpaired) electrons. The van der Waals surface area contributed by atoms with Crippen molar-refractivity contribution in [1.29, 1.82) is 0 Å². The number of Topliss-reactive ketones (excluding diaryl/α,β-unsaturated/α-hetero) is 1. The van der Waals surface area contributed by atoms with Crippen LogP contribution in [-0.4, -0.2) is 30.8 Å². The molecule has 1 aliphatic heterocycles. The number of hydrogen-bond donors (Lipinski definition) is 0. The Bertz CT molecular complexity index is 957. The van der Waals surface area contributed by atoms with Crippen molar-refractivity contribution in [3.8, 4) is 0 Å². The number of aryl methyl sites for hydroxylation is 2. The SMILES string of the molecule is Cc1ccc(N2C[C@@H](C(=O)OCC(=O)c3ccc(Cl)cc3Cl)CC2=O)c(C)c1. The van der Waals surface area contributed by atoms with Gasteiger partial charge in [0.25, 0.3) is 0 Å². The van der Waals surface area contributed by atoms with E-state index in [0.717, 1.165) is 16.8 Å². The van der Waals surface area contributed by atoms with E-state index < -0.39 is 24.3 Å². The fraction of sp³-hybridized carbons (Fsp3) is 0.286. The number of carbonyl (C=O) groups is 3. The van der Waals surface area contributed by atoms with Crippen molar-refractivity contribution in [2.75, 3.05) is 18.1 Å². The van der Waals surface area contributed by atoms with Crippen molar-refractivity contribution in [3.05, 3.63) is 63.1 Å². The van der Waals surface area contributed by atoms with Crippen LogP contribution in [-0.2, 0) is 14.3 Å². The van der Waals surface area contributed by atoms with Crippen molar-refractivity contribution in [1.82, 2.24) is 0 Å². The summed E-state index contributed by atoms with van der Waals surface area (Å²) in [6.45, 7) is 3.70. The zero-order valence-corrected chi connectivity index (χ0v) is 17.0. The average Bonchev–Trinajstić information content (AvgIpc) is 3.01. The molecule has 2 aromatic rings. The molecule has 1 fully saturated rings. The molecule has 1 saturated heterocycles. The van der Waals surface area contributed by atoms with E-state index >= 15 is 0 Å². The van der Waals surface area contributed by atoms with Crippen LogP contribution in [0.15, 0.2) is 36.4 Å². The molecule has 0 aromatic heterocycles. The topological polar surface area (TPSA) is 63.7 Å². The minimum atomic E-state index is -0.610. The molecule has 1 amide bonds. The lowest BCUT2D eigenvalue weighted by Crippen LogP contribution is -2.27. The summed E-state index contributed by atoms with van der Waals surface area (Å²) in [5.74, 6) is -1.74. The normalized spacial score (nSPS) is 16.4. The van der Waals surface area contributed by atoms with Gasteiger partial charge < -0.3 is 9.64 Å². The van der Waals surface area contributed by atoms with Gasteiger partial charge >= 0.3 is 5.97 Å². The van der Waals surface area contributed by atoms with E-state index in [1.165, 1.54) is 12.1 Å². The van der Waals surface area contributed by atoms with E-state index in [0.29, 0.717) is 5.02 Å². The summed E-state index contributed by atoms with van der Waals surface area (Å²) in [4.78, 5) is 38.6. The Balaban J connectivity index is 1.62. The number of carbonyl (C=O) groups excluding carboxylic acids is 3. The number of esters is 1. The molecular weight excluding hydrogens is 401 g/mol. The van der Waals surface area contributed by atoms with Crippen molar-refractivity contribution in [3.63, 3.8) is 0 Å². The average molecular weight is 420 g/mol. The van der Waals surface area contributed by atoms with Gasteiger partial charge in [0.05, 0.1) is 10.9 Å². The predicted molar refractivity (Wildman–Crippen MR) is 108 cm³/mol. The number of amides is 1. The van der Waals surface area contributed by atoms with E-state index in [9.17, 15) is 14.4 Å².